The van der Waals surface area contributed by atoms with Crippen molar-refractivity contribution in [1.82, 2.24) is 0 Å². The van der Waals surface area contributed by atoms with E-state index in [0.717, 1.165) is 18.6 Å². The van der Waals surface area contributed by atoms with Gasteiger partial charge in [0.25, 0.3) is 0 Å². The number of methoxy groups -OCH3 is 1. The van der Waals surface area contributed by atoms with Crippen molar-refractivity contribution in [1.29, 1.82) is 0 Å². The van der Waals surface area contributed by atoms with Crippen LogP contribution in [-0.4, -0.2) is 54.3 Å². The van der Waals surface area contributed by atoms with Gasteiger partial charge < -0.3 is 19.7 Å². The number of hydrogen-bond acceptors (Lipinski definition) is 6. The summed E-state index contributed by atoms with van der Waals surface area (Å²) in [5.41, 5.74) is -0.174. The van der Waals surface area contributed by atoms with Gasteiger partial charge in [-0.15, -0.1) is 11.8 Å². The van der Waals surface area contributed by atoms with Crippen molar-refractivity contribution in [2.24, 2.45) is 0 Å². The second-order valence-corrected chi connectivity index (χ2v) is 8.00. The molecule has 0 bridgehead atoms. The van der Waals surface area contributed by atoms with Gasteiger partial charge in [-0.3, -0.25) is 4.79 Å². The molecule has 0 aromatic heterocycles. The zero-order chi connectivity index (χ0) is 21.8. The summed E-state index contributed by atoms with van der Waals surface area (Å²) in [6, 6.07) is 9.71. The van der Waals surface area contributed by atoms with Crippen molar-refractivity contribution in [2.75, 3.05) is 26.6 Å². The SMILES string of the molecule is COC1(CCCCOc2ccccc2)C=C(SC)C(=O)C1=CC=CC(O)CCCO. The maximum atomic E-state index is 12.8. The molecule has 1 aliphatic carbocycles. The molecule has 5 nitrogen and oxygen atoms in total. The van der Waals surface area contributed by atoms with Crippen LogP contribution in [0.25, 0.3) is 0 Å². The summed E-state index contributed by atoms with van der Waals surface area (Å²) in [6.45, 7) is 0.652. The maximum Gasteiger partial charge on any atom is 0.198 e. The molecule has 6 heteroatoms. The standard InChI is InChI=1S/C24H32O5S/c1-28-24(15-6-7-17-29-20-12-4-3-5-13-20)18-22(30-2)23(27)21(24)14-8-10-19(26)11-9-16-25/h3-5,8,10,12-14,18-19,25-26H,6-7,9,11,15-17H2,1-2H3. The lowest BCUT2D eigenvalue weighted by molar-refractivity contribution is -0.112. The Morgan fingerprint density at radius 3 is 2.63 bits per heavy atom. The molecule has 0 radical (unpaired) electrons. The van der Waals surface area contributed by atoms with Gasteiger partial charge >= 0.3 is 0 Å². The number of benzene rings is 1. The lowest BCUT2D eigenvalue weighted by Crippen LogP contribution is -2.31. The first kappa shape index (κ1) is 24.4. The molecule has 30 heavy (non-hydrogen) atoms. The predicted octanol–water partition coefficient (Wildman–Crippen LogP) is 4.07. The summed E-state index contributed by atoms with van der Waals surface area (Å²) >= 11 is 1.42. The van der Waals surface area contributed by atoms with Crippen molar-refractivity contribution in [3.8, 4) is 5.75 Å². The number of para-hydroxylation sites is 1. The zero-order valence-electron chi connectivity index (χ0n) is 17.8. The Balaban J connectivity index is 2.01. The summed E-state index contributed by atoms with van der Waals surface area (Å²) in [7, 11) is 1.63. The van der Waals surface area contributed by atoms with Crippen LogP contribution >= 0.6 is 11.8 Å². The van der Waals surface area contributed by atoms with E-state index in [0.29, 0.717) is 36.3 Å². The van der Waals surface area contributed by atoms with Crippen LogP contribution in [-0.2, 0) is 9.53 Å². The van der Waals surface area contributed by atoms with E-state index in [4.69, 9.17) is 14.6 Å². The number of carbonyl (C=O) groups is 1. The lowest BCUT2D eigenvalue weighted by atomic mass is 9.90. The van der Waals surface area contributed by atoms with E-state index in [9.17, 15) is 9.90 Å². The van der Waals surface area contributed by atoms with Gasteiger partial charge in [0.1, 0.15) is 11.4 Å². The Kier molecular flexibility index (Phi) is 10.4. The Morgan fingerprint density at radius 2 is 1.97 bits per heavy atom. The molecule has 0 saturated heterocycles. The van der Waals surface area contributed by atoms with E-state index >= 15 is 0 Å². The van der Waals surface area contributed by atoms with Gasteiger partial charge in [0.05, 0.1) is 17.6 Å². The molecular weight excluding hydrogens is 400 g/mol. The first-order valence-electron chi connectivity index (χ1n) is 10.3. The predicted molar refractivity (Wildman–Crippen MR) is 122 cm³/mol. The van der Waals surface area contributed by atoms with E-state index in [-0.39, 0.29) is 12.4 Å². The third kappa shape index (κ3) is 6.84. The van der Waals surface area contributed by atoms with Gasteiger partial charge in [-0.1, -0.05) is 36.4 Å². The quantitative estimate of drug-likeness (QED) is 0.362. The molecule has 0 heterocycles. The smallest absolute Gasteiger partial charge is 0.198 e. The molecule has 0 fully saturated rings. The minimum absolute atomic E-state index is 0.0283. The van der Waals surface area contributed by atoms with Crippen LogP contribution in [0.3, 0.4) is 0 Å². The van der Waals surface area contributed by atoms with Gasteiger partial charge in [-0.2, -0.15) is 0 Å². The number of aliphatic hydroxyl groups excluding tert-OH is 2. The normalized spacial score (nSPS) is 21.4. The number of rotatable bonds is 13. The third-order valence-electron chi connectivity index (χ3n) is 5.08. The number of ether oxygens (including phenoxy) is 2. The zero-order valence-corrected chi connectivity index (χ0v) is 18.6. The summed E-state index contributed by atoms with van der Waals surface area (Å²) in [6.07, 6.45) is 11.6. The van der Waals surface area contributed by atoms with Crippen LogP contribution in [0.1, 0.15) is 32.1 Å². The van der Waals surface area contributed by atoms with Crippen LogP contribution in [0.5, 0.6) is 5.75 Å². The number of thioether (sulfide) groups is 1. The Bertz CT molecular complexity index is 756. The highest BCUT2D eigenvalue weighted by Crippen LogP contribution is 2.41. The first-order valence-corrected chi connectivity index (χ1v) is 11.5. The molecule has 2 atom stereocenters. The van der Waals surface area contributed by atoms with Crippen molar-refractivity contribution < 1.29 is 24.5 Å². The maximum absolute atomic E-state index is 12.8. The fourth-order valence-electron chi connectivity index (χ4n) is 3.40. The highest BCUT2D eigenvalue weighted by molar-refractivity contribution is 8.03. The highest BCUT2D eigenvalue weighted by atomic mass is 32.2. The number of hydrogen-bond donors (Lipinski definition) is 2. The lowest BCUT2D eigenvalue weighted by Gasteiger charge is -2.27. The van der Waals surface area contributed by atoms with Crippen molar-refractivity contribution in [2.45, 2.75) is 43.8 Å². The average molecular weight is 433 g/mol. The number of aliphatic hydroxyl groups is 2. The second kappa shape index (κ2) is 12.7. The van der Waals surface area contributed by atoms with Crippen molar-refractivity contribution in [3.05, 3.63) is 65.1 Å². The van der Waals surface area contributed by atoms with Gasteiger partial charge in [0, 0.05) is 19.3 Å². The van der Waals surface area contributed by atoms with Gasteiger partial charge in [0.15, 0.2) is 5.78 Å². The largest absolute Gasteiger partial charge is 0.494 e. The number of carbonyl (C=O) groups excluding carboxylic acids is 1. The minimum atomic E-state index is -0.761. The van der Waals surface area contributed by atoms with Crippen LogP contribution in [0.4, 0.5) is 0 Å². The summed E-state index contributed by atoms with van der Waals surface area (Å²) in [4.78, 5) is 13.5. The molecule has 0 amide bonds. The minimum Gasteiger partial charge on any atom is -0.494 e. The molecule has 164 valence electrons. The first-order chi connectivity index (χ1) is 14.6. The summed E-state index contributed by atoms with van der Waals surface area (Å²) in [5, 5.41) is 18.8. The Labute approximate surface area is 183 Å². The molecule has 0 aliphatic heterocycles. The van der Waals surface area contributed by atoms with Crippen LogP contribution < -0.4 is 4.74 Å². The average Bonchev–Trinajstić information content (AvgIpc) is 3.04. The topological polar surface area (TPSA) is 76.0 Å². The highest BCUT2D eigenvalue weighted by Gasteiger charge is 2.42. The van der Waals surface area contributed by atoms with Gasteiger partial charge in [-0.05, 0) is 56.6 Å². The van der Waals surface area contributed by atoms with Crippen molar-refractivity contribution >= 4 is 17.5 Å². The van der Waals surface area contributed by atoms with Gasteiger partial charge in [-0.25, -0.2) is 0 Å². The molecule has 1 aromatic rings. The number of allylic oxidation sites excluding steroid dienone is 3. The summed E-state index contributed by atoms with van der Waals surface area (Å²) in [5.74, 6) is 0.824. The summed E-state index contributed by atoms with van der Waals surface area (Å²) < 4.78 is 11.6. The number of unbranched alkanes of at least 4 members (excludes halogenated alkanes) is 1. The molecule has 1 aromatic carbocycles. The molecule has 2 unspecified atom stereocenters. The monoisotopic (exact) mass is 432 g/mol. The molecule has 2 rings (SSSR count). The van der Waals surface area contributed by atoms with Gasteiger partial charge in [0.2, 0.25) is 0 Å². The van der Waals surface area contributed by atoms with E-state index in [1.54, 1.807) is 25.3 Å². The van der Waals surface area contributed by atoms with Crippen molar-refractivity contribution in [3.63, 3.8) is 0 Å². The Hall–Kier alpha value is -1.86. The molecule has 0 spiro atoms. The van der Waals surface area contributed by atoms with E-state index in [1.807, 2.05) is 42.7 Å². The molecular formula is C24H32O5S. The number of ketones is 1. The third-order valence-corrected chi connectivity index (χ3v) is 5.82. The molecule has 1 aliphatic rings. The molecule has 2 N–H and O–H groups in total. The van der Waals surface area contributed by atoms with Crippen LogP contribution in [0, 0.1) is 0 Å². The Morgan fingerprint density at radius 1 is 1.20 bits per heavy atom. The van der Waals surface area contributed by atoms with Crippen LogP contribution in [0.2, 0.25) is 0 Å². The van der Waals surface area contributed by atoms with E-state index in [2.05, 4.69) is 0 Å². The fraction of sp³-hybridized carbons (Fsp3) is 0.458. The van der Waals surface area contributed by atoms with Crippen LogP contribution in [0.15, 0.2) is 65.1 Å². The van der Waals surface area contributed by atoms with E-state index < -0.39 is 11.7 Å². The van der Waals surface area contributed by atoms with E-state index in [1.165, 1.54) is 11.8 Å². The fourth-order valence-corrected chi connectivity index (χ4v) is 4.00. The number of Topliss-reactive ketones (excluding diaryl/α,β-unsaturated/α-hetero) is 1. The molecule has 0 saturated carbocycles. The second-order valence-electron chi connectivity index (χ2n) is 7.15.